The average Bonchev–Trinajstić information content (AvgIpc) is 2.80. The summed E-state index contributed by atoms with van der Waals surface area (Å²) in [4.78, 5) is 13.3. The van der Waals surface area contributed by atoms with Gasteiger partial charge in [-0.2, -0.15) is 0 Å². The summed E-state index contributed by atoms with van der Waals surface area (Å²) in [6.07, 6.45) is 9.50. The van der Waals surface area contributed by atoms with Crippen LogP contribution in [0.3, 0.4) is 0 Å². The first kappa shape index (κ1) is 22.3. The monoisotopic (exact) mass is 444 g/mol. The Labute approximate surface area is 190 Å². The van der Waals surface area contributed by atoms with Crippen LogP contribution in [-0.2, 0) is 0 Å². The summed E-state index contributed by atoms with van der Waals surface area (Å²) in [5.74, 6) is 1.83. The van der Waals surface area contributed by atoms with Crippen molar-refractivity contribution in [1.82, 2.24) is 14.9 Å². The Morgan fingerprint density at radius 2 is 1.90 bits per heavy atom. The van der Waals surface area contributed by atoms with Gasteiger partial charge in [-0.3, -0.25) is 9.88 Å². The Bertz CT molecular complexity index is 851. The van der Waals surface area contributed by atoms with Crippen molar-refractivity contribution in [2.45, 2.75) is 50.0 Å². The zero-order valence-electron chi connectivity index (χ0n) is 18.3. The maximum atomic E-state index is 11.6. The van der Waals surface area contributed by atoms with Gasteiger partial charge >= 0.3 is 0 Å². The van der Waals surface area contributed by atoms with Gasteiger partial charge in [0.05, 0.1) is 25.1 Å². The first-order valence-corrected chi connectivity index (χ1v) is 11.8. The van der Waals surface area contributed by atoms with Crippen molar-refractivity contribution < 1.29 is 9.84 Å². The first-order valence-electron chi connectivity index (χ1n) is 11.4. The molecule has 7 heteroatoms. The molecule has 6 nitrogen and oxygen atoms in total. The Hall–Kier alpha value is -1.89. The fraction of sp³-hybridized carbons (Fsp3) is 0.583. The normalized spacial score (nSPS) is 20.4. The smallest absolute Gasteiger partial charge is 0.149 e. The third kappa shape index (κ3) is 5.48. The molecule has 1 aliphatic heterocycles. The standard InChI is InChI=1S/C24H33ClN4O2/c1-31-20-7-5-6-19(16-20)21(24(30)9-3-2-4-10-24)8-11-28-12-14-29(15-13-28)23-18-26-17-22(25)27-23/h5-7,16-18,21,30H,2-4,8-15H2,1H3. The van der Waals surface area contributed by atoms with Gasteiger partial charge in [-0.05, 0) is 43.5 Å². The highest BCUT2D eigenvalue weighted by Gasteiger charge is 2.39. The van der Waals surface area contributed by atoms with Crippen LogP contribution in [0.4, 0.5) is 5.82 Å². The minimum atomic E-state index is -0.622. The van der Waals surface area contributed by atoms with Gasteiger partial charge in [0.2, 0.25) is 0 Å². The summed E-state index contributed by atoms with van der Waals surface area (Å²) >= 11 is 6.00. The number of ether oxygens (including phenoxy) is 1. The fourth-order valence-electron chi connectivity index (χ4n) is 5.11. The van der Waals surface area contributed by atoms with E-state index in [2.05, 4.69) is 31.9 Å². The van der Waals surface area contributed by atoms with Gasteiger partial charge in [0.15, 0.2) is 0 Å². The highest BCUT2D eigenvalue weighted by atomic mass is 35.5. The fourth-order valence-corrected chi connectivity index (χ4v) is 5.26. The highest BCUT2D eigenvalue weighted by Crippen LogP contribution is 2.42. The Balaban J connectivity index is 1.41. The van der Waals surface area contributed by atoms with Crippen LogP contribution in [0, 0.1) is 0 Å². The number of nitrogens with zero attached hydrogens (tertiary/aromatic N) is 4. The van der Waals surface area contributed by atoms with E-state index in [1.165, 1.54) is 12.0 Å². The van der Waals surface area contributed by atoms with Crippen molar-refractivity contribution in [1.29, 1.82) is 0 Å². The zero-order chi connectivity index (χ0) is 21.7. The lowest BCUT2D eigenvalue weighted by Gasteiger charge is -2.41. The Kier molecular flexibility index (Phi) is 7.31. The lowest BCUT2D eigenvalue weighted by atomic mass is 9.71. The molecule has 0 spiro atoms. The van der Waals surface area contributed by atoms with Crippen molar-refractivity contribution >= 4 is 17.4 Å². The molecule has 0 radical (unpaired) electrons. The number of hydrogen-bond donors (Lipinski definition) is 1. The molecule has 4 rings (SSSR count). The molecule has 1 aliphatic carbocycles. The van der Waals surface area contributed by atoms with E-state index in [0.29, 0.717) is 5.15 Å². The van der Waals surface area contributed by atoms with Gasteiger partial charge in [0, 0.05) is 32.1 Å². The Morgan fingerprint density at radius 3 is 2.61 bits per heavy atom. The maximum Gasteiger partial charge on any atom is 0.149 e. The topological polar surface area (TPSA) is 61.7 Å². The predicted molar refractivity (Wildman–Crippen MR) is 124 cm³/mol. The van der Waals surface area contributed by atoms with Gasteiger partial charge in [0.1, 0.15) is 16.7 Å². The third-order valence-electron chi connectivity index (χ3n) is 6.89. The van der Waals surface area contributed by atoms with Gasteiger partial charge in [-0.25, -0.2) is 4.98 Å². The summed E-state index contributed by atoms with van der Waals surface area (Å²) in [7, 11) is 1.70. The van der Waals surface area contributed by atoms with Crippen LogP contribution in [0.25, 0.3) is 0 Å². The lowest BCUT2D eigenvalue weighted by Crippen LogP contribution is -2.48. The summed E-state index contributed by atoms with van der Waals surface area (Å²) in [6.45, 7) is 4.72. The quantitative estimate of drug-likeness (QED) is 0.692. The number of aromatic nitrogens is 2. The van der Waals surface area contributed by atoms with Crippen molar-refractivity contribution in [3.05, 3.63) is 47.4 Å². The average molecular weight is 445 g/mol. The molecule has 1 aromatic carbocycles. The molecule has 0 amide bonds. The SMILES string of the molecule is COc1cccc(C(CCN2CCN(c3cncc(Cl)n3)CC2)C2(O)CCCCC2)c1. The van der Waals surface area contributed by atoms with Crippen LogP contribution >= 0.6 is 11.6 Å². The van der Waals surface area contributed by atoms with Gasteiger partial charge < -0.3 is 14.7 Å². The van der Waals surface area contributed by atoms with Gasteiger partial charge in [-0.1, -0.05) is 43.0 Å². The molecule has 2 aromatic rings. The van der Waals surface area contributed by atoms with E-state index in [1.807, 2.05) is 12.1 Å². The second-order valence-corrected chi connectivity index (χ2v) is 9.20. The molecule has 1 N–H and O–H groups in total. The first-order chi connectivity index (χ1) is 15.1. The summed E-state index contributed by atoms with van der Waals surface area (Å²) < 4.78 is 5.46. The Morgan fingerprint density at radius 1 is 1.13 bits per heavy atom. The van der Waals surface area contributed by atoms with Crippen LogP contribution in [0.1, 0.15) is 50.0 Å². The van der Waals surface area contributed by atoms with Gasteiger partial charge in [0.25, 0.3) is 0 Å². The number of piperazine rings is 1. The second-order valence-electron chi connectivity index (χ2n) is 8.81. The van der Waals surface area contributed by atoms with Gasteiger partial charge in [-0.15, -0.1) is 0 Å². The van der Waals surface area contributed by atoms with Crippen LogP contribution in [0.5, 0.6) is 5.75 Å². The van der Waals surface area contributed by atoms with E-state index < -0.39 is 5.60 Å². The molecule has 0 bridgehead atoms. The molecule has 1 saturated carbocycles. The molecule has 168 valence electrons. The number of benzene rings is 1. The molecule has 2 fully saturated rings. The number of methoxy groups -OCH3 is 1. The lowest BCUT2D eigenvalue weighted by molar-refractivity contribution is -0.0264. The minimum Gasteiger partial charge on any atom is -0.497 e. The largest absolute Gasteiger partial charge is 0.497 e. The van der Waals surface area contributed by atoms with Crippen molar-refractivity contribution in [2.24, 2.45) is 0 Å². The van der Waals surface area contributed by atoms with E-state index in [0.717, 1.165) is 76.4 Å². The second kappa shape index (κ2) is 10.2. The molecular weight excluding hydrogens is 412 g/mol. The third-order valence-corrected chi connectivity index (χ3v) is 7.07. The van der Waals surface area contributed by atoms with Crippen LogP contribution in [-0.4, -0.2) is 65.4 Å². The molecule has 2 aliphatic rings. The number of aliphatic hydroxyl groups is 1. The van der Waals surface area contributed by atoms with Crippen LogP contribution < -0.4 is 9.64 Å². The zero-order valence-corrected chi connectivity index (χ0v) is 19.1. The predicted octanol–water partition coefficient (Wildman–Crippen LogP) is 4.13. The van der Waals surface area contributed by atoms with Crippen molar-refractivity contribution in [3.8, 4) is 5.75 Å². The summed E-state index contributed by atoms with van der Waals surface area (Å²) in [5, 5.41) is 12.0. The minimum absolute atomic E-state index is 0.125. The van der Waals surface area contributed by atoms with Crippen molar-refractivity contribution in [3.63, 3.8) is 0 Å². The highest BCUT2D eigenvalue weighted by molar-refractivity contribution is 6.29. The number of anilines is 1. The molecule has 1 unspecified atom stereocenters. The maximum absolute atomic E-state index is 11.6. The number of halogens is 1. The molecular formula is C24H33ClN4O2. The van der Waals surface area contributed by atoms with E-state index in [9.17, 15) is 5.11 Å². The molecule has 2 heterocycles. The number of hydrogen-bond acceptors (Lipinski definition) is 6. The molecule has 1 saturated heterocycles. The van der Waals surface area contributed by atoms with Crippen LogP contribution in [0.15, 0.2) is 36.7 Å². The molecule has 31 heavy (non-hydrogen) atoms. The van der Waals surface area contributed by atoms with E-state index in [-0.39, 0.29) is 5.92 Å². The van der Waals surface area contributed by atoms with E-state index >= 15 is 0 Å². The summed E-state index contributed by atoms with van der Waals surface area (Å²) in [5.41, 5.74) is 0.569. The van der Waals surface area contributed by atoms with Crippen molar-refractivity contribution in [2.75, 3.05) is 44.7 Å². The van der Waals surface area contributed by atoms with E-state index in [4.69, 9.17) is 16.3 Å². The molecule has 1 aromatic heterocycles. The van der Waals surface area contributed by atoms with Crippen LogP contribution in [0.2, 0.25) is 5.15 Å². The van der Waals surface area contributed by atoms with E-state index in [1.54, 1.807) is 19.5 Å². The number of rotatable bonds is 7. The summed E-state index contributed by atoms with van der Waals surface area (Å²) in [6, 6.07) is 8.27. The molecule has 1 atom stereocenters.